The monoisotopic (exact) mass is 440 g/mol. The third kappa shape index (κ3) is 3.48. The summed E-state index contributed by atoms with van der Waals surface area (Å²) in [5, 5.41) is 13.4. The van der Waals surface area contributed by atoms with Crippen LogP contribution in [0.1, 0.15) is 35.1 Å². The molecule has 0 amide bonds. The summed E-state index contributed by atoms with van der Waals surface area (Å²) >= 11 is 9.70. The van der Waals surface area contributed by atoms with Crippen LogP contribution in [0, 0.1) is 11.3 Å². The molecule has 1 aliphatic carbocycles. The lowest BCUT2D eigenvalue weighted by atomic mass is 9.88. The number of thiophene rings is 1. The SMILES string of the molecule is N#Cc1c(SCc2cc3c(cc2Cl)OCO3)nc(-c2cccs2)c2c1CCCC2. The molecule has 0 N–H and O–H groups in total. The van der Waals surface area contributed by atoms with E-state index in [9.17, 15) is 5.26 Å². The van der Waals surface area contributed by atoms with Crippen LogP contribution in [0.4, 0.5) is 0 Å². The third-order valence-corrected chi connectivity index (χ3v) is 7.51. The Hall–Kier alpha value is -2.20. The molecule has 0 fully saturated rings. The summed E-state index contributed by atoms with van der Waals surface area (Å²) in [4.78, 5) is 6.13. The van der Waals surface area contributed by atoms with Crippen LogP contribution in [-0.4, -0.2) is 11.8 Å². The molecule has 2 aliphatic rings. The number of hydrogen-bond acceptors (Lipinski definition) is 6. The lowest BCUT2D eigenvalue weighted by Gasteiger charge is -2.21. The van der Waals surface area contributed by atoms with Crippen molar-refractivity contribution in [3.8, 4) is 28.1 Å². The van der Waals surface area contributed by atoms with Gasteiger partial charge in [0, 0.05) is 16.8 Å². The Bertz CT molecular complexity index is 1120. The molecule has 29 heavy (non-hydrogen) atoms. The fourth-order valence-corrected chi connectivity index (χ4v) is 5.89. The van der Waals surface area contributed by atoms with E-state index in [1.54, 1.807) is 29.2 Å². The molecular formula is C22H17ClN2O2S2. The molecule has 0 saturated carbocycles. The first-order chi connectivity index (χ1) is 14.2. The Labute approximate surface area is 182 Å². The van der Waals surface area contributed by atoms with E-state index < -0.39 is 0 Å². The number of thioether (sulfide) groups is 1. The Morgan fingerprint density at radius 3 is 2.72 bits per heavy atom. The van der Waals surface area contributed by atoms with Gasteiger partial charge in [0.05, 0.1) is 16.1 Å². The fraction of sp³-hybridized carbons (Fsp3) is 0.273. The number of fused-ring (bicyclic) bond motifs is 2. The van der Waals surface area contributed by atoms with E-state index in [1.807, 2.05) is 12.1 Å². The van der Waals surface area contributed by atoms with Crippen molar-refractivity contribution < 1.29 is 9.47 Å². The van der Waals surface area contributed by atoms with Gasteiger partial charge in [0.15, 0.2) is 11.5 Å². The van der Waals surface area contributed by atoms with Gasteiger partial charge in [-0.25, -0.2) is 4.98 Å². The smallest absolute Gasteiger partial charge is 0.231 e. The van der Waals surface area contributed by atoms with E-state index >= 15 is 0 Å². The van der Waals surface area contributed by atoms with E-state index in [-0.39, 0.29) is 6.79 Å². The average Bonchev–Trinajstić information content (AvgIpc) is 3.43. The van der Waals surface area contributed by atoms with Crippen molar-refractivity contribution in [2.45, 2.75) is 36.5 Å². The number of pyridine rings is 1. The average molecular weight is 441 g/mol. The van der Waals surface area contributed by atoms with Crippen LogP contribution in [0.3, 0.4) is 0 Å². The summed E-state index contributed by atoms with van der Waals surface area (Å²) in [6.45, 7) is 0.220. The minimum Gasteiger partial charge on any atom is -0.454 e. The maximum absolute atomic E-state index is 9.91. The molecule has 7 heteroatoms. The third-order valence-electron chi connectivity index (χ3n) is 5.26. The standard InChI is InChI=1S/C22H17ClN2O2S2/c23-17-9-19-18(26-12-27-19)8-13(17)11-29-22-16(10-24)14-4-1-2-5-15(14)21(25-22)20-6-3-7-28-20/h3,6-9H,1-2,4-5,11-12H2. The van der Waals surface area contributed by atoms with Gasteiger partial charge in [-0.05, 0) is 59.9 Å². The molecule has 1 aliphatic heterocycles. The van der Waals surface area contributed by atoms with E-state index in [2.05, 4.69) is 17.5 Å². The summed E-state index contributed by atoms with van der Waals surface area (Å²) in [5.41, 5.74) is 5.13. The van der Waals surface area contributed by atoms with Crippen LogP contribution in [0.15, 0.2) is 34.7 Å². The van der Waals surface area contributed by atoms with Crippen molar-refractivity contribution >= 4 is 34.7 Å². The highest BCUT2D eigenvalue weighted by Crippen LogP contribution is 2.41. The Kier molecular flexibility index (Phi) is 5.13. The molecule has 3 aromatic rings. The summed E-state index contributed by atoms with van der Waals surface area (Å²) < 4.78 is 10.9. The Morgan fingerprint density at radius 2 is 1.97 bits per heavy atom. The number of rotatable bonds is 4. The molecule has 1 aromatic carbocycles. The van der Waals surface area contributed by atoms with Gasteiger partial charge < -0.3 is 9.47 Å². The molecule has 0 atom stereocenters. The van der Waals surface area contributed by atoms with Gasteiger partial charge in [0.25, 0.3) is 0 Å². The van der Waals surface area contributed by atoms with Crippen LogP contribution >= 0.6 is 34.7 Å². The summed E-state index contributed by atoms with van der Waals surface area (Å²) in [5.74, 6) is 2.00. The maximum atomic E-state index is 9.91. The highest BCUT2D eigenvalue weighted by Gasteiger charge is 2.24. The molecule has 0 unspecified atom stereocenters. The number of nitriles is 1. The Morgan fingerprint density at radius 1 is 1.17 bits per heavy atom. The number of hydrogen-bond donors (Lipinski definition) is 0. The van der Waals surface area contributed by atoms with E-state index in [4.69, 9.17) is 26.1 Å². The van der Waals surface area contributed by atoms with Crippen molar-refractivity contribution in [2.75, 3.05) is 6.79 Å². The number of nitrogens with zero attached hydrogens (tertiary/aromatic N) is 2. The zero-order chi connectivity index (χ0) is 19.8. The molecule has 0 spiro atoms. The van der Waals surface area contributed by atoms with E-state index in [0.717, 1.165) is 52.4 Å². The summed E-state index contributed by atoms with van der Waals surface area (Å²) in [7, 11) is 0. The lowest BCUT2D eigenvalue weighted by molar-refractivity contribution is 0.174. The number of aromatic nitrogens is 1. The van der Waals surface area contributed by atoms with Crippen LogP contribution < -0.4 is 9.47 Å². The lowest BCUT2D eigenvalue weighted by Crippen LogP contribution is -2.10. The van der Waals surface area contributed by atoms with Gasteiger partial charge >= 0.3 is 0 Å². The second-order valence-corrected chi connectivity index (χ2v) is 9.30. The first-order valence-corrected chi connectivity index (χ1v) is 11.7. The second-order valence-electron chi connectivity index (χ2n) is 6.98. The van der Waals surface area contributed by atoms with Gasteiger partial charge in [0.1, 0.15) is 11.1 Å². The van der Waals surface area contributed by atoms with Crippen molar-refractivity contribution in [3.05, 3.63) is 56.9 Å². The largest absolute Gasteiger partial charge is 0.454 e. The van der Waals surface area contributed by atoms with E-state index in [1.165, 1.54) is 11.1 Å². The van der Waals surface area contributed by atoms with Crippen molar-refractivity contribution in [2.24, 2.45) is 0 Å². The molecule has 2 aromatic heterocycles. The summed E-state index contributed by atoms with van der Waals surface area (Å²) in [6, 6.07) is 10.3. The Balaban J connectivity index is 1.53. The topological polar surface area (TPSA) is 55.1 Å². The molecule has 0 radical (unpaired) electrons. The van der Waals surface area contributed by atoms with Crippen molar-refractivity contribution in [1.82, 2.24) is 4.98 Å². The van der Waals surface area contributed by atoms with Gasteiger partial charge in [-0.1, -0.05) is 17.7 Å². The molecule has 4 nitrogen and oxygen atoms in total. The quantitative estimate of drug-likeness (QED) is 0.450. The van der Waals surface area contributed by atoms with Gasteiger partial charge in [-0.3, -0.25) is 0 Å². The molecule has 0 saturated heterocycles. The van der Waals surface area contributed by atoms with Crippen LogP contribution in [0.2, 0.25) is 5.02 Å². The number of benzene rings is 1. The maximum Gasteiger partial charge on any atom is 0.231 e. The molecule has 3 heterocycles. The molecule has 146 valence electrons. The van der Waals surface area contributed by atoms with Crippen molar-refractivity contribution in [3.63, 3.8) is 0 Å². The number of halogens is 1. The summed E-state index contributed by atoms with van der Waals surface area (Å²) in [6.07, 6.45) is 4.20. The van der Waals surface area contributed by atoms with Crippen LogP contribution in [0.25, 0.3) is 10.6 Å². The minimum absolute atomic E-state index is 0.220. The molecule has 0 bridgehead atoms. The predicted molar refractivity (Wildman–Crippen MR) is 116 cm³/mol. The van der Waals surface area contributed by atoms with Crippen LogP contribution in [-0.2, 0) is 18.6 Å². The normalized spacial score (nSPS) is 14.5. The molecule has 5 rings (SSSR count). The highest BCUT2D eigenvalue weighted by molar-refractivity contribution is 7.98. The van der Waals surface area contributed by atoms with Gasteiger partial charge in [-0.2, -0.15) is 5.26 Å². The fourth-order valence-electron chi connectivity index (χ4n) is 3.85. The van der Waals surface area contributed by atoms with Gasteiger partial charge in [-0.15, -0.1) is 23.1 Å². The van der Waals surface area contributed by atoms with E-state index in [0.29, 0.717) is 22.3 Å². The second kappa shape index (κ2) is 7.91. The predicted octanol–water partition coefficient (Wildman–Crippen LogP) is 6.23. The number of ether oxygens (including phenoxy) is 2. The van der Waals surface area contributed by atoms with Crippen molar-refractivity contribution in [1.29, 1.82) is 5.26 Å². The first-order valence-electron chi connectivity index (χ1n) is 9.45. The molecular weight excluding hydrogens is 424 g/mol. The van der Waals surface area contributed by atoms with Crippen LogP contribution in [0.5, 0.6) is 11.5 Å². The zero-order valence-corrected chi connectivity index (χ0v) is 17.9. The minimum atomic E-state index is 0.220. The first kappa shape index (κ1) is 18.8. The highest BCUT2D eigenvalue weighted by atomic mass is 35.5. The zero-order valence-electron chi connectivity index (χ0n) is 15.5. The van der Waals surface area contributed by atoms with Gasteiger partial charge in [0.2, 0.25) is 6.79 Å².